The molecule has 26 heteroatoms. The molecule has 6 aromatic rings. The zero-order chi connectivity index (χ0) is 48.5. The van der Waals surface area contributed by atoms with Gasteiger partial charge in [-0.05, 0) is 59.7 Å². The molecule has 0 atom stereocenters. The summed E-state index contributed by atoms with van der Waals surface area (Å²) in [5.41, 5.74) is 13.1. The Labute approximate surface area is 393 Å². The van der Waals surface area contributed by atoms with Crippen LogP contribution in [0, 0.1) is 0 Å². The van der Waals surface area contributed by atoms with Crippen LogP contribution in [0.1, 0.15) is 24.0 Å². The fraction of sp³-hybridized carbons (Fsp3) is 0.190. The van der Waals surface area contributed by atoms with Crippen molar-refractivity contribution >= 4 is 105 Å². The summed E-state index contributed by atoms with van der Waals surface area (Å²) in [5, 5.41) is 44.6. The Morgan fingerprint density at radius 2 is 1.03 bits per heavy atom. The number of benzene rings is 4. The molecule has 68 heavy (non-hydrogen) atoms. The van der Waals surface area contributed by atoms with E-state index in [4.69, 9.17) is 21.1 Å². The Morgan fingerprint density at radius 3 is 1.46 bits per heavy atom. The highest BCUT2D eigenvalue weighted by molar-refractivity contribution is 7.94. The van der Waals surface area contributed by atoms with Crippen molar-refractivity contribution in [2.24, 2.45) is 11.5 Å². The van der Waals surface area contributed by atoms with Crippen molar-refractivity contribution in [2.75, 3.05) is 70.5 Å². The number of para-hydroxylation sites is 2. The van der Waals surface area contributed by atoms with Crippen LogP contribution in [0.5, 0.6) is 0 Å². The number of primary amides is 2. The van der Waals surface area contributed by atoms with Gasteiger partial charge in [0.05, 0.1) is 25.3 Å². The van der Waals surface area contributed by atoms with Gasteiger partial charge in [-0.15, -0.1) is 4.33 Å². The number of carbonyl (C=O) groups is 2. The maximum atomic E-state index is 12.8. The van der Waals surface area contributed by atoms with E-state index in [1.54, 1.807) is 59.5 Å². The summed E-state index contributed by atoms with van der Waals surface area (Å²) in [5.74, 6) is -0.713. The lowest BCUT2D eigenvalue weighted by molar-refractivity contribution is -0.432. The van der Waals surface area contributed by atoms with Gasteiger partial charge in [-0.2, -0.15) is 38.3 Å². The number of aromatic nitrogens is 6. The van der Waals surface area contributed by atoms with E-state index in [0.717, 1.165) is 0 Å². The van der Waals surface area contributed by atoms with Crippen LogP contribution in [-0.2, 0) is 29.1 Å². The van der Waals surface area contributed by atoms with Gasteiger partial charge in [0.1, 0.15) is 4.90 Å². The van der Waals surface area contributed by atoms with Crippen LogP contribution in [0.15, 0.2) is 107 Å². The van der Waals surface area contributed by atoms with Gasteiger partial charge in [0.25, 0.3) is 10.1 Å². The third kappa shape index (κ3) is 15.0. The molecule has 4 aromatic carbocycles. The molecule has 2 aromatic heterocycles. The van der Waals surface area contributed by atoms with Gasteiger partial charge in [-0.1, -0.05) is 65.7 Å². The van der Waals surface area contributed by atoms with Crippen LogP contribution >= 0.6 is 12.0 Å². The number of aliphatic hydroxyl groups excluding tert-OH is 2. The van der Waals surface area contributed by atoms with E-state index >= 15 is 0 Å². The monoisotopic (exact) mass is 970 g/mol. The third-order valence-corrected chi connectivity index (χ3v) is 10.9. The SMILES string of the molecule is NC(=O)CCN(CCO)c1nc(Nc2ccccc2)nc(Nc2ccc(/C=C/c3ccc(Nc4nc(Nc5ccccc5)nc(N(CCO)CCC(N)=O)n4)cc3S(=O)(=O)O)c(SOOO)c2)n1. The highest BCUT2D eigenvalue weighted by Gasteiger charge is 2.20. The smallest absolute Gasteiger partial charge is 0.295 e. The largest absolute Gasteiger partial charge is 0.395 e. The molecule has 2 amide bonds. The van der Waals surface area contributed by atoms with Gasteiger partial charge in [0, 0.05) is 66.7 Å². The topological polar surface area (TPSA) is 352 Å². The molecule has 2 heterocycles. The highest BCUT2D eigenvalue weighted by atomic mass is 32.2. The second-order valence-electron chi connectivity index (χ2n) is 14.2. The van der Waals surface area contributed by atoms with E-state index in [-0.39, 0.29) is 99.2 Å². The van der Waals surface area contributed by atoms with E-state index in [1.165, 1.54) is 35.3 Å². The Morgan fingerprint density at radius 1 is 0.603 bits per heavy atom. The summed E-state index contributed by atoms with van der Waals surface area (Å²) in [6, 6.07) is 27.1. The molecule has 0 saturated heterocycles. The quantitative estimate of drug-likeness (QED) is 0.0119. The zero-order valence-corrected chi connectivity index (χ0v) is 37.5. The number of amides is 2. The summed E-state index contributed by atoms with van der Waals surface area (Å²) in [6.45, 7) is -0.243. The van der Waals surface area contributed by atoms with Gasteiger partial charge in [-0.25, -0.2) is 5.26 Å². The summed E-state index contributed by atoms with van der Waals surface area (Å²) in [7, 11) is -4.85. The van der Waals surface area contributed by atoms with E-state index < -0.39 is 26.8 Å². The summed E-state index contributed by atoms with van der Waals surface area (Å²) >= 11 is 0.610. The Kier molecular flexibility index (Phi) is 17.8. The number of hydrogen-bond acceptors (Lipinski definition) is 22. The number of nitrogens with two attached hydrogens (primary N) is 2. The Bertz CT molecular complexity index is 2800. The number of aliphatic hydroxyl groups is 2. The molecule has 0 fully saturated rings. The maximum Gasteiger partial charge on any atom is 0.295 e. The van der Waals surface area contributed by atoms with Crippen molar-refractivity contribution in [1.82, 2.24) is 29.9 Å². The van der Waals surface area contributed by atoms with Crippen LogP contribution in [-0.4, -0.2) is 110 Å². The lowest BCUT2D eigenvalue weighted by atomic mass is 10.1. The van der Waals surface area contributed by atoms with Crippen LogP contribution in [0.3, 0.4) is 0 Å². The van der Waals surface area contributed by atoms with E-state index in [2.05, 4.69) is 56.2 Å². The number of rotatable bonds is 26. The summed E-state index contributed by atoms with van der Waals surface area (Å²) in [4.78, 5) is 53.1. The Balaban J connectivity index is 1.30. The van der Waals surface area contributed by atoms with E-state index in [1.807, 2.05) is 24.3 Å². The summed E-state index contributed by atoms with van der Waals surface area (Å²) in [6.07, 6.45) is 2.86. The maximum absolute atomic E-state index is 12.8. The van der Waals surface area contributed by atoms with Crippen molar-refractivity contribution in [1.29, 1.82) is 0 Å². The first-order valence-corrected chi connectivity index (χ1v) is 22.6. The molecule has 0 aliphatic heterocycles. The second-order valence-corrected chi connectivity index (χ2v) is 16.3. The third-order valence-electron chi connectivity index (χ3n) is 9.28. The number of nitrogens with one attached hydrogen (secondary N) is 4. The van der Waals surface area contributed by atoms with Crippen molar-refractivity contribution in [3.05, 3.63) is 108 Å². The van der Waals surface area contributed by atoms with Crippen LogP contribution in [0.25, 0.3) is 12.2 Å². The average molecular weight is 971 g/mol. The minimum Gasteiger partial charge on any atom is -0.395 e. The second kappa shape index (κ2) is 24.3. The zero-order valence-electron chi connectivity index (χ0n) is 35.8. The molecule has 6 rings (SSSR count). The minimum atomic E-state index is -4.85. The predicted molar refractivity (Wildman–Crippen MR) is 254 cm³/mol. The molecule has 0 unspecified atom stereocenters. The molecular formula is C42H46N14O10S2. The van der Waals surface area contributed by atoms with E-state index in [0.29, 0.717) is 39.6 Å². The molecule has 0 bridgehead atoms. The fourth-order valence-corrected chi connectivity index (χ4v) is 7.40. The molecule has 0 radical (unpaired) electrons. The van der Waals surface area contributed by atoms with Crippen LogP contribution < -0.4 is 42.5 Å². The lowest BCUT2D eigenvalue weighted by Gasteiger charge is -2.22. The van der Waals surface area contributed by atoms with Crippen molar-refractivity contribution < 1.29 is 47.4 Å². The number of carbonyl (C=O) groups excluding carboxylic acids is 2. The first-order chi connectivity index (χ1) is 32.8. The van der Waals surface area contributed by atoms with Crippen molar-refractivity contribution in [3.8, 4) is 0 Å². The summed E-state index contributed by atoms with van der Waals surface area (Å²) < 4.78 is 40.8. The molecule has 0 aliphatic rings. The van der Waals surface area contributed by atoms with Crippen molar-refractivity contribution in [3.63, 3.8) is 0 Å². The van der Waals surface area contributed by atoms with Gasteiger partial charge >= 0.3 is 0 Å². The van der Waals surface area contributed by atoms with Crippen LogP contribution in [0.2, 0.25) is 0 Å². The van der Waals surface area contributed by atoms with Gasteiger partial charge in [0.15, 0.2) is 0 Å². The lowest BCUT2D eigenvalue weighted by Crippen LogP contribution is -2.32. The highest BCUT2D eigenvalue weighted by Crippen LogP contribution is 2.32. The molecule has 0 aliphatic carbocycles. The predicted octanol–water partition coefficient (Wildman–Crippen LogP) is 4.22. The molecule has 0 spiro atoms. The number of hydrogen-bond donors (Lipinski definition) is 10. The normalized spacial score (nSPS) is 11.3. The molecule has 0 saturated carbocycles. The van der Waals surface area contributed by atoms with Crippen molar-refractivity contribution in [2.45, 2.75) is 22.6 Å². The first kappa shape index (κ1) is 49.9. The van der Waals surface area contributed by atoms with Gasteiger partial charge in [0.2, 0.25) is 47.5 Å². The number of nitrogens with zero attached hydrogens (tertiary/aromatic N) is 8. The molecule has 356 valence electrons. The molecular weight excluding hydrogens is 925 g/mol. The first-order valence-electron chi connectivity index (χ1n) is 20.4. The molecule has 24 nitrogen and oxygen atoms in total. The van der Waals surface area contributed by atoms with E-state index in [9.17, 15) is 32.8 Å². The van der Waals surface area contributed by atoms with Gasteiger partial charge in [-0.3, -0.25) is 14.1 Å². The Hall–Kier alpha value is -7.56. The van der Waals surface area contributed by atoms with Gasteiger partial charge < -0.3 is 52.7 Å². The standard InChI is InChI=1S/C42H46N14O10S2/c43-35(59)17-19-55(21-23-57)41-51-37(45-29-7-3-1-4-8-29)49-39(53-41)47-31-15-13-27(33(25-31)67-66-65-61)11-12-28-14-16-32(26-34(28)68(62,63)64)48-40-50-38(46-30-9-5-2-6-10-30)52-42(54-40)56(22-24-58)20-18-36(44)60/h1-16,25-26,57-58,61H,17-24H2,(H2,43,59)(H2,44,60)(H,62,63,64)(H2,45,47,49,51,53)(H2,46,48,50,52,54)/b12-11+. The average Bonchev–Trinajstić information content (AvgIpc) is 3.31. The fourth-order valence-electron chi connectivity index (χ4n) is 6.18. The molecule has 12 N–H and O–H groups in total. The van der Waals surface area contributed by atoms with Crippen LogP contribution in [0.4, 0.5) is 58.4 Å². The minimum absolute atomic E-state index is 0.0335. The number of anilines is 10.